The normalized spacial score (nSPS) is 27.8. The van der Waals surface area contributed by atoms with Gasteiger partial charge in [0.15, 0.2) is 0 Å². The van der Waals surface area contributed by atoms with Crippen molar-refractivity contribution in [3.05, 3.63) is 35.4 Å². The molecule has 2 aliphatic rings. The molecule has 1 aromatic rings. The highest BCUT2D eigenvalue weighted by Crippen LogP contribution is 2.40. The van der Waals surface area contributed by atoms with Crippen LogP contribution >= 0.6 is 0 Å². The van der Waals surface area contributed by atoms with Gasteiger partial charge in [-0.3, -0.25) is 14.5 Å². The largest absolute Gasteiger partial charge is 0.481 e. The van der Waals surface area contributed by atoms with E-state index in [-0.39, 0.29) is 32.1 Å². The number of nitrogens with zero attached hydrogens (tertiary/aromatic N) is 1. The highest BCUT2D eigenvalue weighted by molar-refractivity contribution is 5.92. The average Bonchev–Trinajstić information content (AvgIpc) is 2.97. The number of carboxylic acids is 1. The topological polar surface area (TPSA) is 69.6 Å². The molecule has 2 aliphatic heterocycles. The Balaban J connectivity index is 1.78. The van der Waals surface area contributed by atoms with Gasteiger partial charge in [0.05, 0.1) is 11.5 Å². The van der Waals surface area contributed by atoms with Gasteiger partial charge in [-0.1, -0.05) is 18.2 Å². The minimum absolute atomic E-state index is 0.0604. The van der Waals surface area contributed by atoms with E-state index in [1.54, 1.807) is 11.0 Å². The van der Waals surface area contributed by atoms with E-state index < -0.39 is 29.0 Å². The molecule has 0 aromatic heterocycles. The fourth-order valence-corrected chi connectivity index (χ4v) is 3.40. The summed E-state index contributed by atoms with van der Waals surface area (Å²) in [5.41, 5.74) is -1.47. The maximum Gasteiger partial charge on any atom is 0.416 e. The first-order valence-electron chi connectivity index (χ1n) is 7.12. The third kappa shape index (κ3) is 2.67. The zero-order valence-electron chi connectivity index (χ0n) is 12.1. The number of hydrogen-bond acceptors (Lipinski definition) is 3. The molecule has 2 saturated heterocycles. The highest BCUT2D eigenvalue weighted by Gasteiger charge is 2.59. The van der Waals surface area contributed by atoms with Crippen LogP contribution < -0.4 is 5.32 Å². The molecule has 0 unspecified atom stereocenters. The predicted octanol–water partition coefficient (Wildman–Crippen LogP) is 1.34. The minimum atomic E-state index is -4.42. The Labute approximate surface area is 130 Å². The summed E-state index contributed by atoms with van der Waals surface area (Å²) in [6.07, 6.45) is -4.42. The second kappa shape index (κ2) is 5.23. The fourth-order valence-electron chi connectivity index (χ4n) is 3.40. The van der Waals surface area contributed by atoms with Crippen LogP contribution in [0, 0.1) is 11.3 Å². The minimum Gasteiger partial charge on any atom is -0.481 e. The van der Waals surface area contributed by atoms with Gasteiger partial charge in [0.2, 0.25) is 5.91 Å². The molecule has 0 saturated carbocycles. The second-order valence-corrected chi connectivity index (χ2v) is 6.10. The molecule has 2 N–H and O–H groups in total. The molecular weight excluding hydrogens is 313 g/mol. The van der Waals surface area contributed by atoms with Crippen molar-refractivity contribution in [3.63, 3.8) is 0 Å². The van der Waals surface area contributed by atoms with E-state index >= 15 is 0 Å². The number of carboxylic acid groups (broad SMARTS) is 1. The summed E-state index contributed by atoms with van der Waals surface area (Å²) in [7, 11) is 0. The van der Waals surface area contributed by atoms with Crippen LogP contribution in [0.15, 0.2) is 24.3 Å². The van der Waals surface area contributed by atoms with Gasteiger partial charge < -0.3 is 10.4 Å². The van der Waals surface area contributed by atoms with Crippen LogP contribution in [0.3, 0.4) is 0 Å². The van der Waals surface area contributed by atoms with Gasteiger partial charge >= 0.3 is 12.1 Å². The molecule has 1 amide bonds. The van der Waals surface area contributed by atoms with Gasteiger partial charge in [-0.25, -0.2) is 0 Å². The van der Waals surface area contributed by atoms with Crippen molar-refractivity contribution in [3.8, 4) is 0 Å². The average molecular weight is 328 g/mol. The lowest BCUT2D eigenvalue weighted by molar-refractivity contribution is -0.149. The summed E-state index contributed by atoms with van der Waals surface area (Å²) in [5, 5.41) is 12.0. The number of amides is 1. The molecule has 3 rings (SSSR count). The lowest BCUT2D eigenvalue weighted by Gasteiger charge is -2.22. The smallest absolute Gasteiger partial charge is 0.416 e. The first-order valence-corrected chi connectivity index (χ1v) is 7.12. The highest BCUT2D eigenvalue weighted by atomic mass is 19.4. The number of likely N-dealkylation sites (tertiary alicyclic amines) is 1. The van der Waals surface area contributed by atoms with Gasteiger partial charge in [0.1, 0.15) is 5.41 Å². The van der Waals surface area contributed by atoms with Crippen LogP contribution in [0.5, 0.6) is 0 Å². The van der Waals surface area contributed by atoms with Crippen LogP contribution in [-0.4, -0.2) is 41.5 Å². The SMILES string of the molecule is O=C1NC[C@]2(C(=O)O)CN(Cc3cccc(C(F)(F)F)c3)C[C@H]12. The number of fused-ring (bicyclic) bond motifs is 1. The van der Waals surface area contributed by atoms with Crippen molar-refractivity contribution in [1.29, 1.82) is 0 Å². The number of aliphatic carboxylic acids is 1. The van der Waals surface area contributed by atoms with Crippen molar-refractivity contribution >= 4 is 11.9 Å². The van der Waals surface area contributed by atoms with Crippen molar-refractivity contribution in [1.82, 2.24) is 10.2 Å². The van der Waals surface area contributed by atoms with Gasteiger partial charge in [-0.2, -0.15) is 13.2 Å². The molecule has 1 aromatic carbocycles. The number of benzene rings is 1. The number of halogens is 3. The van der Waals surface area contributed by atoms with Crippen molar-refractivity contribution in [2.24, 2.45) is 11.3 Å². The van der Waals surface area contributed by atoms with E-state index in [1.165, 1.54) is 6.07 Å². The Morgan fingerprint density at radius 1 is 1.43 bits per heavy atom. The van der Waals surface area contributed by atoms with Gasteiger partial charge in [-0.15, -0.1) is 0 Å². The molecule has 2 fully saturated rings. The molecular formula is C15H15F3N2O3. The quantitative estimate of drug-likeness (QED) is 0.878. The van der Waals surface area contributed by atoms with E-state index in [0.29, 0.717) is 5.56 Å². The number of rotatable bonds is 3. The summed E-state index contributed by atoms with van der Waals surface area (Å²) in [6.45, 7) is 0.615. The van der Waals surface area contributed by atoms with E-state index in [0.717, 1.165) is 12.1 Å². The van der Waals surface area contributed by atoms with Crippen LogP contribution in [0.4, 0.5) is 13.2 Å². The molecule has 2 heterocycles. The Kier molecular flexibility index (Phi) is 3.59. The Morgan fingerprint density at radius 3 is 2.78 bits per heavy atom. The van der Waals surface area contributed by atoms with Crippen molar-refractivity contribution in [2.75, 3.05) is 19.6 Å². The maximum atomic E-state index is 12.7. The summed E-state index contributed by atoms with van der Waals surface area (Å²) >= 11 is 0. The Hall–Kier alpha value is -2.09. The monoisotopic (exact) mass is 328 g/mol. The lowest BCUT2D eigenvalue weighted by Crippen LogP contribution is -2.40. The number of carbonyl (C=O) groups is 2. The fraction of sp³-hybridized carbons (Fsp3) is 0.467. The zero-order chi connectivity index (χ0) is 16.8. The van der Waals surface area contributed by atoms with Crippen LogP contribution in [-0.2, 0) is 22.3 Å². The first kappa shape index (κ1) is 15.8. The predicted molar refractivity (Wildman–Crippen MR) is 73.3 cm³/mol. The van der Waals surface area contributed by atoms with Gasteiger partial charge in [-0.05, 0) is 11.6 Å². The number of hydrogen-bond donors (Lipinski definition) is 2. The van der Waals surface area contributed by atoms with Crippen LogP contribution in [0.1, 0.15) is 11.1 Å². The van der Waals surface area contributed by atoms with Crippen LogP contribution in [0.25, 0.3) is 0 Å². The van der Waals surface area contributed by atoms with Crippen LogP contribution in [0.2, 0.25) is 0 Å². The summed E-state index contributed by atoms with van der Waals surface area (Å²) in [4.78, 5) is 25.1. The standard InChI is InChI=1S/C15H15F3N2O3/c16-15(17,18)10-3-1-2-9(4-10)5-20-6-11-12(21)19-7-14(11,8-20)13(22)23/h1-4,11H,5-8H2,(H,19,21)(H,22,23)/t11-,14+/m1/s1. The molecule has 2 atom stereocenters. The summed E-state index contributed by atoms with van der Waals surface area (Å²) in [6, 6.07) is 4.95. The van der Waals surface area contributed by atoms with Crippen molar-refractivity contribution < 1.29 is 27.9 Å². The zero-order valence-corrected chi connectivity index (χ0v) is 12.1. The Bertz CT molecular complexity index is 662. The van der Waals surface area contributed by atoms with Gasteiger partial charge in [0.25, 0.3) is 0 Å². The van der Waals surface area contributed by atoms with E-state index in [4.69, 9.17) is 0 Å². The summed E-state index contributed by atoms with van der Waals surface area (Å²) < 4.78 is 38.2. The molecule has 23 heavy (non-hydrogen) atoms. The van der Waals surface area contributed by atoms with Gasteiger partial charge in [0, 0.05) is 26.2 Å². The molecule has 0 aliphatic carbocycles. The molecule has 0 spiro atoms. The maximum absolute atomic E-state index is 12.7. The van der Waals surface area contributed by atoms with E-state index in [9.17, 15) is 27.9 Å². The van der Waals surface area contributed by atoms with E-state index in [1.807, 2.05) is 0 Å². The van der Waals surface area contributed by atoms with Crippen molar-refractivity contribution in [2.45, 2.75) is 12.7 Å². The molecule has 124 valence electrons. The molecule has 0 bridgehead atoms. The van der Waals surface area contributed by atoms with E-state index in [2.05, 4.69) is 5.32 Å². The Morgan fingerprint density at radius 2 is 2.17 bits per heavy atom. The summed E-state index contributed by atoms with van der Waals surface area (Å²) in [5.74, 6) is -2.02. The third-order valence-corrected chi connectivity index (χ3v) is 4.59. The second-order valence-electron chi connectivity index (χ2n) is 6.10. The number of alkyl halides is 3. The molecule has 5 nitrogen and oxygen atoms in total. The number of carbonyl (C=O) groups excluding carboxylic acids is 1. The number of nitrogens with one attached hydrogen (secondary N) is 1. The first-order chi connectivity index (χ1) is 10.7. The third-order valence-electron chi connectivity index (χ3n) is 4.59. The molecule has 8 heteroatoms. The lowest BCUT2D eigenvalue weighted by atomic mass is 9.81. The molecule has 0 radical (unpaired) electrons.